The number of benzene rings is 8. The SMILES string of the molecule is [2H]C([2H])(c1cccc2c1[N+](c1c(-c3ccccc3)cccc1-c1ccccc1)=C=[N+]2c1cc(Oc2ccc3c4cc(-c5ccccc5)ccc4n(-c4cc(C(C)(C)C)ccn4)c3c2)cc(C(C)(C)C)c1)C(C)C. The molecule has 3 heterocycles. The normalized spacial score (nSPS) is 13.3. The Kier molecular flexibility index (Phi) is 10.9. The number of rotatable bonds is 10. The van der Waals surface area contributed by atoms with E-state index in [-0.39, 0.29) is 16.7 Å². The number of para-hydroxylation sites is 2. The third-order valence-corrected chi connectivity index (χ3v) is 13.5. The molecule has 0 amide bonds. The molecule has 0 N–H and O–H groups in total. The van der Waals surface area contributed by atoms with Gasteiger partial charge in [-0.25, -0.2) is 4.98 Å². The van der Waals surface area contributed by atoms with E-state index in [1.165, 1.54) is 5.56 Å². The molecule has 5 nitrogen and oxygen atoms in total. The molecule has 5 heteroatoms. The van der Waals surface area contributed by atoms with Gasteiger partial charge in [0.25, 0.3) is 5.69 Å². The Bertz CT molecular complexity index is 3760. The second-order valence-corrected chi connectivity index (χ2v) is 21.0. The Hall–Kier alpha value is -8.11. The van der Waals surface area contributed by atoms with Crippen molar-refractivity contribution in [1.82, 2.24) is 18.7 Å². The molecule has 10 aromatic rings. The topological polar surface area (TPSA) is 33.1 Å². The lowest BCUT2D eigenvalue weighted by atomic mass is 9.86. The second kappa shape index (κ2) is 18.0. The number of aromatic nitrogens is 2. The summed E-state index contributed by atoms with van der Waals surface area (Å²) in [5.74, 6) is 1.91. The fraction of sp³-hybridized carbons (Fsp3) is 0.182. The van der Waals surface area contributed by atoms with Crippen LogP contribution in [0.5, 0.6) is 11.5 Å². The first kappa shape index (κ1) is 43.0. The minimum Gasteiger partial charge on any atom is -0.457 e. The number of hydrogen-bond donors (Lipinski definition) is 0. The van der Waals surface area contributed by atoms with Crippen molar-refractivity contribution < 1.29 is 7.48 Å². The summed E-state index contributed by atoms with van der Waals surface area (Å²) in [5.41, 5.74) is 14.4. The molecule has 348 valence electrons. The summed E-state index contributed by atoms with van der Waals surface area (Å²) in [6.07, 6.45) is 0.241. The summed E-state index contributed by atoms with van der Waals surface area (Å²) in [7, 11) is 0. The van der Waals surface area contributed by atoms with E-state index in [1.807, 2.05) is 44.3 Å². The third kappa shape index (κ3) is 8.68. The van der Waals surface area contributed by atoms with Crippen molar-refractivity contribution in [3.63, 3.8) is 0 Å². The zero-order valence-corrected chi connectivity index (χ0v) is 41.8. The summed E-state index contributed by atoms with van der Waals surface area (Å²) < 4.78 is 32.8. The van der Waals surface area contributed by atoms with Crippen molar-refractivity contribution in [3.8, 4) is 50.7 Å². The van der Waals surface area contributed by atoms with E-state index in [9.17, 15) is 2.74 Å². The van der Waals surface area contributed by atoms with Gasteiger partial charge in [-0.05, 0) is 120 Å². The van der Waals surface area contributed by atoms with E-state index in [0.29, 0.717) is 17.1 Å². The molecule has 0 fully saturated rings. The molecular weight excluding hydrogens is 865 g/mol. The fourth-order valence-electron chi connectivity index (χ4n) is 9.89. The van der Waals surface area contributed by atoms with Gasteiger partial charge in [0.2, 0.25) is 11.4 Å². The molecule has 8 aromatic carbocycles. The van der Waals surface area contributed by atoms with Crippen molar-refractivity contribution in [3.05, 3.63) is 217 Å². The van der Waals surface area contributed by atoms with Crippen molar-refractivity contribution in [2.45, 2.75) is 72.6 Å². The molecule has 0 atom stereocenters. The quantitative estimate of drug-likeness (QED) is 0.128. The molecule has 0 aliphatic carbocycles. The van der Waals surface area contributed by atoms with Crippen LogP contribution in [-0.2, 0) is 17.2 Å². The Labute approximate surface area is 421 Å². The molecule has 0 spiro atoms. The van der Waals surface area contributed by atoms with Gasteiger partial charge in [0, 0.05) is 43.5 Å². The average molecular weight is 927 g/mol. The first-order valence-electron chi connectivity index (χ1n) is 25.7. The van der Waals surface area contributed by atoms with Crippen molar-refractivity contribution in [2.24, 2.45) is 5.92 Å². The smallest absolute Gasteiger partial charge is 0.457 e. The van der Waals surface area contributed by atoms with Crippen LogP contribution in [0.1, 0.15) is 74.8 Å². The summed E-state index contributed by atoms with van der Waals surface area (Å²) in [4.78, 5) is 4.99. The lowest BCUT2D eigenvalue weighted by Crippen LogP contribution is -2.12. The van der Waals surface area contributed by atoms with Crippen LogP contribution < -0.4 is 13.9 Å². The van der Waals surface area contributed by atoms with Gasteiger partial charge in [0.15, 0.2) is 0 Å². The third-order valence-electron chi connectivity index (χ3n) is 13.5. The highest BCUT2D eigenvalue weighted by Crippen LogP contribution is 2.47. The molecule has 2 aromatic heterocycles. The van der Waals surface area contributed by atoms with Crippen LogP contribution in [0.3, 0.4) is 0 Å². The molecule has 0 unspecified atom stereocenters. The number of fused-ring (bicyclic) bond motifs is 4. The zero-order valence-electron chi connectivity index (χ0n) is 43.8. The average Bonchev–Trinajstić information content (AvgIpc) is 3.94. The van der Waals surface area contributed by atoms with Crippen molar-refractivity contribution >= 4 is 50.6 Å². The van der Waals surface area contributed by atoms with Crippen molar-refractivity contribution in [1.29, 1.82) is 0 Å². The van der Waals surface area contributed by atoms with Gasteiger partial charge in [0.1, 0.15) is 17.3 Å². The number of pyridine rings is 1. The predicted molar refractivity (Wildman–Crippen MR) is 298 cm³/mol. The van der Waals surface area contributed by atoms with Crippen LogP contribution in [0.15, 0.2) is 200 Å². The molecule has 71 heavy (non-hydrogen) atoms. The largest absolute Gasteiger partial charge is 0.503 e. The van der Waals surface area contributed by atoms with Gasteiger partial charge in [-0.15, -0.1) is 0 Å². The lowest BCUT2D eigenvalue weighted by molar-refractivity contribution is 0.479. The highest BCUT2D eigenvalue weighted by atomic mass is 16.5. The first-order chi connectivity index (χ1) is 35.0. The van der Waals surface area contributed by atoms with Crippen molar-refractivity contribution in [2.75, 3.05) is 0 Å². The first-order valence-corrected chi connectivity index (χ1v) is 24.7. The van der Waals surface area contributed by atoms with Gasteiger partial charge in [0.05, 0.1) is 28.2 Å². The minimum atomic E-state index is -1.68. The lowest BCUT2D eigenvalue weighted by Gasteiger charge is -2.20. The fourth-order valence-corrected chi connectivity index (χ4v) is 9.89. The van der Waals surface area contributed by atoms with E-state index in [0.717, 1.165) is 89.3 Å². The van der Waals surface area contributed by atoms with E-state index < -0.39 is 6.37 Å². The summed E-state index contributed by atoms with van der Waals surface area (Å²) in [6.45, 7) is 17.3. The van der Waals surface area contributed by atoms with E-state index in [2.05, 4.69) is 231 Å². The Morgan fingerprint density at radius 3 is 1.83 bits per heavy atom. The number of ether oxygens (including phenoxy) is 1. The van der Waals surface area contributed by atoms with Gasteiger partial charge in [-0.1, -0.05) is 171 Å². The number of nitrogens with zero attached hydrogens (tertiary/aromatic N) is 4. The van der Waals surface area contributed by atoms with Crippen LogP contribution in [0.2, 0.25) is 0 Å². The van der Waals surface area contributed by atoms with Gasteiger partial charge >= 0.3 is 11.7 Å². The van der Waals surface area contributed by atoms with Gasteiger partial charge < -0.3 is 4.74 Å². The monoisotopic (exact) mass is 926 g/mol. The molecular formula is C66H60N4O+2. The molecule has 1 aliphatic heterocycles. The summed E-state index contributed by atoms with van der Waals surface area (Å²) >= 11 is 0. The highest BCUT2D eigenvalue weighted by molar-refractivity contribution is 6.11. The molecule has 0 saturated heterocycles. The van der Waals surface area contributed by atoms with E-state index in [4.69, 9.17) is 9.72 Å². The highest BCUT2D eigenvalue weighted by Gasteiger charge is 2.42. The molecule has 0 saturated carbocycles. The summed E-state index contributed by atoms with van der Waals surface area (Å²) in [5, 5.41) is 2.24. The Morgan fingerprint density at radius 1 is 0.535 bits per heavy atom. The van der Waals surface area contributed by atoms with Gasteiger partial charge in [-0.3, -0.25) is 4.57 Å². The molecule has 1 aliphatic rings. The second-order valence-electron chi connectivity index (χ2n) is 21.0. The van der Waals surface area contributed by atoms with Crippen LogP contribution in [-0.4, -0.2) is 15.6 Å². The predicted octanol–water partition coefficient (Wildman–Crippen LogP) is 17.6. The molecule has 0 bridgehead atoms. The molecule has 11 rings (SSSR count). The van der Waals surface area contributed by atoms with Crippen LogP contribution >= 0.6 is 0 Å². The maximum atomic E-state index is 9.64. The maximum Gasteiger partial charge on any atom is 0.503 e. The number of hydrogen-bond acceptors (Lipinski definition) is 2. The zero-order chi connectivity index (χ0) is 50.8. The van der Waals surface area contributed by atoms with Crippen LogP contribution in [0.4, 0.5) is 22.7 Å². The minimum absolute atomic E-state index is 0.0697. The maximum absolute atomic E-state index is 9.64. The van der Waals surface area contributed by atoms with E-state index >= 15 is 0 Å². The van der Waals surface area contributed by atoms with Crippen LogP contribution in [0.25, 0.3) is 61.0 Å². The standard InChI is InChI=1S/C66H60N4O/c1-44(2)36-49-26-18-29-60-63(49)69(64-55(46-22-14-10-15-23-46)27-19-28-56(64)47-24-16-11-17-25-47)43-68(60)52-38-51(66(6,7)8)39-54(41-52)71-53-31-32-57-58-37-48(45-20-12-9-13-21-45)30-33-59(58)70(61(57)42-53)62-40-50(34-35-67-62)65(3,4)5/h9-35,37-42,44H,36H2,1-8H3/q+2/i36D2. The Balaban J connectivity index is 1.12. The summed E-state index contributed by atoms with van der Waals surface area (Å²) in [6, 6.07) is 71.5. The van der Waals surface area contributed by atoms with Gasteiger partial charge in [-0.2, -0.15) is 0 Å². The van der Waals surface area contributed by atoms with Crippen LogP contribution in [0, 0.1) is 5.92 Å². The molecule has 0 radical (unpaired) electrons. The Morgan fingerprint density at radius 2 is 1.18 bits per heavy atom. The van der Waals surface area contributed by atoms with E-state index in [1.54, 1.807) is 0 Å².